The number of nitrogens with zero attached hydrogens (tertiary/aromatic N) is 1. The SMILES string of the molecule is CC[N+]1(C)CCC(O)C1. The van der Waals surface area contributed by atoms with Crippen LogP contribution in [-0.2, 0) is 0 Å². The summed E-state index contributed by atoms with van der Waals surface area (Å²) in [6.45, 7) is 5.43. The predicted molar refractivity (Wildman–Crippen MR) is 37.1 cm³/mol. The van der Waals surface area contributed by atoms with Crippen molar-refractivity contribution in [2.45, 2.75) is 19.4 Å². The van der Waals surface area contributed by atoms with Gasteiger partial charge in [-0.1, -0.05) is 0 Å². The topological polar surface area (TPSA) is 20.2 Å². The Bertz CT molecular complexity index is 105. The summed E-state index contributed by atoms with van der Waals surface area (Å²) < 4.78 is 1.06. The molecule has 1 rings (SSSR count). The first-order valence-corrected chi connectivity index (χ1v) is 3.68. The van der Waals surface area contributed by atoms with Crippen LogP contribution in [0.25, 0.3) is 0 Å². The maximum absolute atomic E-state index is 9.18. The van der Waals surface area contributed by atoms with Crippen LogP contribution in [0.4, 0.5) is 0 Å². The van der Waals surface area contributed by atoms with Crippen LogP contribution in [0, 0.1) is 0 Å². The molecule has 0 saturated carbocycles. The molecule has 1 fully saturated rings. The Morgan fingerprint density at radius 1 is 1.67 bits per heavy atom. The maximum Gasteiger partial charge on any atom is 0.108 e. The zero-order chi connectivity index (χ0) is 6.91. The lowest BCUT2D eigenvalue weighted by molar-refractivity contribution is -0.897. The Balaban J connectivity index is 2.45. The van der Waals surface area contributed by atoms with E-state index in [1.807, 2.05) is 0 Å². The molecule has 54 valence electrons. The summed E-state index contributed by atoms with van der Waals surface area (Å²) in [5.74, 6) is 0. The molecule has 1 aliphatic rings. The van der Waals surface area contributed by atoms with Crippen molar-refractivity contribution >= 4 is 0 Å². The van der Waals surface area contributed by atoms with E-state index in [-0.39, 0.29) is 6.10 Å². The normalized spacial score (nSPS) is 43.7. The van der Waals surface area contributed by atoms with Gasteiger partial charge in [0.05, 0.1) is 20.1 Å². The van der Waals surface area contributed by atoms with Gasteiger partial charge in [0, 0.05) is 6.42 Å². The number of likely N-dealkylation sites (N-methyl/N-ethyl adjacent to an activating group) is 1. The molecule has 2 atom stereocenters. The fourth-order valence-corrected chi connectivity index (χ4v) is 1.44. The highest BCUT2D eigenvalue weighted by Gasteiger charge is 2.31. The number of hydrogen-bond donors (Lipinski definition) is 1. The molecular weight excluding hydrogens is 114 g/mol. The molecule has 0 amide bonds. The van der Waals surface area contributed by atoms with E-state index in [0.717, 1.165) is 30.5 Å². The maximum atomic E-state index is 9.18. The first kappa shape index (κ1) is 7.03. The van der Waals surface area contributed by atoms with E-state index in [4.69, 9.17) is 0 Å². The summed E-state index contributed by atoms with van der Waals surface area (Å²) in [5, 5.41) is 9.18. The van der Waals surface area contributed by atoms with Gasteiger partial charge in [-0.15, -0.1) is 0 Å². The molecule has 0 aromatic carbocycles. The third-order valence-corrected chi connectivity index (χ3v) is 2.42. The minimum atomic E-state index is -0.0325. The molecule has 2 nitrogen and oxygen atoms in total. The number of likely N-dealkylation sites (tertiary alicyclic amines) is 1. The van der Waals surface area contributed by atoms with Crippen molar-refractivity contribution in [2.24, 2.45) is 0 Å². The Kier molecular flexibility index (Phi) is 1.78. The van der Waals surface area contributed by atoms with E-state index in [1.165, 1.54) is 0 Å². The monoisotopic (exact) mass is 130 g/mol. The van der Waals surface area contributed by atoms with Crippen molar-refractivity contribution in [3.05, 3.63) is 0 Å². The van der Waals surface area contributed by atoms with Crippen LogP contribution in [0.3, 0.4) is 0 Å². The molecule has 0 bridgehead atoms. The minimum absolute atomic E-state index is 0.0325. The third kappa shape index (κ3) is 1.43. The largest absolute Gasteiger partial charge is 0.387 e. The van der Waals surface area contributed by atoms with Gasteiger partial charge >= 0.3 is 0 Å². The lowest BCUT2D eigenvalue weighted by Crippen LogP contribution is -2.41. The van der Waals surface area contributed by atoms with E-state index >= 15 is 0 Å². The van der Waals surface area contributed by atoms with Crippen molar-refractivity contribution in [3.8, 4) is 0 Å². The number of hydrogen-bond acceptors (Lipinski definition) is 1. The van der Waals surface area contributed by atoms with Crippen molar-refractivity contribution in [1.82, 2.24) is 0 Å². The Hall–Kier alpha value is -0.0800. The highest BCUT2D eigenvalue weighted by atomic mass is 16.3. The van der Waals surface area contributed by atoms with Crippen LogP contribution < -0.4 is 0 Å². The number of quaternary nitrogens is 1. The standard InChI is InChI=1S/C7H16NO/c1-3-8(2)5-4-7(9)6-8/h7,9H,3-6H2,1-2H3/q+1. The fraction of sp³-hybridized carbons (Fsp3) is 1.00. The van der Waals surface area contributed by atoms with Crippen molar-refractivity contribution < 1.29 is 9.59 Å². The summed E-state index contributed by atoms with van der Waals surface area (Å²) >= 11 is 0. The molecule has 1 aliphatic heterocycles. The third-order valence-electron chi connectivity index (χ3n) is 2.42. The van der Waals surface area contributed by atoms with Crippen molar-refractivity contribution in [2.75, 3.05) is 26.7 Å². The van der Waals surface area contributed by atoms with Gasteiger partial charge in [-0.05, 0) is 6.92 Å². The first-order chi connectivity index (χ1) is 4.16. The van der Waals surface area contributed by atoms with E-state index in [2.05, 4.69) is 14.0 Å². The number of aliphatic hydroxyl groups excluding tert-OH is 1. The highest BCUT2D eigenvalue weighted by Crippen LogP contribution is 2.15. The van der Waals surface area contributed by atoms with Gasteiger partial charge in [0.1, 0.15) is 12.6 Å². The molecule has 1 saturated heterocycles. The van der Waals surface area contributed by atoms with Gasteiger partial charge in [0.2, 0.25) is 0 Å². The summed E-state index contributed by atoms with van der Waals surface area (Å²) in [4.78, 5) is 0. The van der Waals surface area contributed by atoms with Crippen LogP contribution in [-0.4, -0.2) is 42.4 Å². The fourth-order valence-electron chi connectivity index (χ4n) is 1.44. The van der Waals surface area contributed by atoms with Gasteiger partial charge in [-0.3, -0.25) is 0 Å². The van der Waals surface area contributed by atoms with E-state index in [1.54, 1.807) is 0 Å². The number of rotatable bonds is 1. The molecule has 1 N–H and O–H groups in total. The summed E-state index contributed by atoms with van der Waals surface area (Å²) in [6, 6.07) is 0. The Morgan fingerprint density at radius 3 is 2.56 bits per heavy atom. The van der Waals surface area contributed by atoms with Gasteiger partial charge in [-0.25, -0.2) is 0 Å². The average Bonchev–Trinajstić information content (AvgIpc) is 2.13. The summed E-state index contributed by atoms with van der Waals surface area (Å²) in [7, 11) is 2.20. The van der Waals surface area contributed by atoms with Gasteiger partial charge in [-0.2, -0.15) is 0 Å². The second-order valence-electron chi connectivity index (χ2n) is 3.28. The molecule has 9 heavy (non-hydrogen) atoms. The average molecular weight is 130 g/mol. The van der Waals surface area contributed by atoms with Gasteiger partial charge < -0.3 is 9.59 Å². The lowest BCUT2D eigenvalue weighted by Gasteiger charge is -2.27. The van der Waals surface area contributed by atoms with Crippen LogP contribution in [0.2, 0.25) is 0 Å². The molecule has 0 aliphatic carbocycles. The van der Waals surface area contributed by atoms with Crippen molar-refractivity contribution in [1.29, 1.82) is 0 Å². The zero-order valence-electron chi connectivity index (χ0n) is 6.30. The lowest BCUT2D eigenvalue weighted by atomic mass is 10.3. The van der Waals surface area contributed by atoms with Gasteiger partial charge in [0.25, 0.3) is 0 Å². The van der Waals surface area contributed by atoms with Crippen LogP contribution in [0.1, 0.15) is 13.3 Å². The second-order valence-corrected chi connectivity index (χ2v) is 3.28. The summed E-state index contributed by atoms with van der Waals surface area (Å²) in [5.41, 5.74) is 0. The first-order valence-electron chi connectivity index (χ1n) is 3.68. The molecular formula is C7H16NO+. The predicted octanol–water partition coefficient (Wildman–Crippen LogP) is 0.218. The Morgan fingerprint density at radius 2 is 2.33 bits per heavy atom. The van der Waals surface area contributed by atoms with E-state index < -0.39 is 0 Å². The summed E-state index contributed by atoms with van der Waals surface area (Å²) in [6.07, 6.45) is 0.958. The molecule has 2 unspecified atom stereocenters. The molecule has 0 aromatic rings. The Labute approximate surface area is 56.7 Å². The van der Waals surface area contributed by atoms with Crippen LogP contribution in [0.15, 0.2) is 0 Å². The van der Waals surface area contributed by atoms with Crippen molar-refractivity contribution in [3.63, 3.8) is 0 Å². The van der Waals surface area contributed by atoms with Gasteiger partial charge in [0.15, 0.2) is 0 Å². The molecule has 0 spiro atoms. The molecule has 0 aromatic heterocycles. The van der Waals surface area contributed by atoms with E-state index in [0.29, 0.717) is 0 Å². The zero-order valence-corrected chi connectivity index (χ0v) is 6.30. The second kappa shape index (κ2) is 2.27. The van der Waals surface area contributed by atoms with Crippen LogP contribution >= 0.6 is 0 Å². The van der Waals surface area contributed by atoms with Crippen LogP contribution in [0.5, 0.6) is 0 Å². The number of aliphatic hydroxyl groups is 1. The molecule has 1 heterocycles. The van der Waals surface area contributed by atoms with E-state index in [9.17, 15) is 5.11 Å². The highest BCUT2D eigenvalue weighted by molar-refractivity contribution is 4.61. The molecule has 0 radical (unpaired) electrons. The quantitative estimate of drug-likeness (QED) is 0.503. The smallest absolute Gasteiger partial charge is 0.108 e. The molecule has 2 heteroatoms. The minimum Gasteiger partial charge on any atom is -0.387 e.